The SMILES string of the molecule is O=C(NCCOc1ccc2ncccc2c1)Nc1ccccc1Br. The highest BCUT2D eigenvalue weighted by Gasteiger charge is 2.04. The third-order valence-electron chi connectivity index (χ3n) is 3.35. The van der Waals surface area contributed by atoms with Crippen LogP contribution < -0.4 is 15.4 Å². The van der Waals surface area contributed by atoms with E-state index in [4.69, 9.17) is 4.74 Å². The summed E-state index contributed by atoms with van der Waals surface area (Å²) in [6.07, 6.45) is 1.76. The van der Waals surface area contributed by atoms with Crippen LogP contribution in [0.4, 0.5) is 10.5 Å². The number of amides is 2. The fourth-order valence-corrected chi connectivity index (χ4v) is 2.59. The minimum atomic E-state index is -0.270. The number of rotatable bonds is 5. The molecule has 0 bridgehead atoms. The van der Waals surface area contributed by atoms with Gasteiger partial charge < -0.3 is 15.4 Å². The number of carbonyl (C=O) groups excluding carboxylic acids is 1. The van der Waals surface area contributed by atoms with Gasteiger partial charge in [0.15, 0.2) is 0 Å². The van der Waals surface area contributed by atoms with Crippen LogP contribution in [-0.2, 0) is 0 Å². The van der Waals surface area contributed by atoms with E-state index >= 15 is 0 Å². The molecule has 0 atom stereocenters. The van der Waals surface area contributed by atoms with Crippen molar-refractivity contribution in [1.82, 2.24) is 10.3 Å². The molecule has 0 unspecified atom stereocenters. The van der Waals surface area contributed by atoms with Crippen molar-refractivity contribution < 1.29 is 9.53 Å². The fourth-order valence-electron chi connectivity index (χ4n) is 2.21. The highest BCUT2D eigenvalue weighted by molar-refractivity contribution is 9.10. The summed E-state index contributed by atoms with van der Waals surface area (Å²) in [6.45, 7) is 0.788. The van der Waals surface area contributed by atoms with Gasteiger partial charge in [0.25, 0.3) is 0 Å². The number of nitrogens with one attached hydrogen (secondary N) is 2. The second kappa shape index (κ2) is 7.79. The Kier molecular flexibility index (Phi) is 5.28. The van der Waals surface area contributed by atoms with Crippen molar-refractivity contribution in [3.8, 4) is 5.75 Å². The van der Waals surface area contributed by atoms with Crippen LogP contribution in [0.1, 0.15) is 0 Å². The maximum Gasteiger partial charge on any atom is 0.319 e. The number of para-hydroxylation sites is 1. The largest absolute Gasteiger partial charge is 0.492 e. The molecule has 1 aromatic heterocycles. The summed E-state index contributed by atoms with van der Waals surface area (Å²) >= 11 is 3.38. The van der Waals surface area contributed by atoms with Crippen LogP contribution in [0.3, 0.4) is 0 Å². The highest BCUT2D eigenvalue weighted by atomic mass is 79.9. The molecule has 24 heavy (non-hydrogen) atoms. The summed E-state index contributed by atoms with van der Waals surface area (Å²) in [7, 11) is 0. The van der Waals surface area contributed by atoms with Crippen LogP contribution in [0.2, 0.25) is 0 Å². The third kappa shape index (κ3) is 4.23. The zero-order valence-electron chi connectivity index (χ0n) is 12.8. The summed E-state index contributed by atoms with van der Waals surface area (Å²) < 4.78 is 6.49. The molecule has 122 valence electrons. The first kappa shape index (κ1) is 16.3. The normalized spacial score (nSPS) is 10.4. The van der Waals surface area contributed by atoms with E-state index in [1.807, 2.05) is 54.6 Å². The number of aromatic nitrogens is 1. The number of ether oxygens (including phenoxy) is 1. The predicted octanol–water partition coefficient (Wildman–Crippen LogP) is 4.20. The van der Waals surface area contributed by atoms with Crippen molar-refractivity contribution in [2.75, 3.05) is 18.5 Å². The molecule has 6 heteroatoms. The Morgan fingerprint density at radius 1 is 1.12 bits per heavy atom. The maximum absolute atomic E-state index is 11.8. The summed E-state index contributed by atoms with van der Waals surface area (Å²) in [5.41, 5.74) is 1.65. The van der Waals surface area contributed by atoms with Crippen LogP contribution in [0, 0.1) is 0 Å². The molecule has 0 aliphatic rings. The predicted molar refractivity (Wildman–Crippen MR) is 98.4 cm³/mol. The average Bonchev–Trinajstić information content (AvgIpc) is 2.60. The molecule has 0 spiro atoms. The number of carbonyl (C=O) groups is 1. The molecule has 0 radical (unpaired) electrons. The lowest BCUT2D eigenvalue weighted by atomic mass is 10.2. The number of pyridine rings is 1. The summed E-state index contributed by atoms with van der Waals surface area (Å²) in [5.74, 6) is 0.753. The van der Waals surface area contributed by atoms with Gasteiger partial charge in [0.1, 0.15) is 12.4 Å². The van der Waals surface area contributed by atoms with Crippen molar-refractivity contribution in [2.45, 2.75) is 0 Å². The van der Waals surface area contributed by atoms with E-state index in [1.165, 1.54) is 0 Å². The van der Waals surface area contributed by atoms with Crippen LogP contribution in [0.5, 0.6) is 5.75 Å². The molecule has 2 N–H and O–H groups in total. The van der Waals surface area contributed by atoms with E-state index in [0.29, 0.717) is 13.2 Å². The zero-order valence-corrected chi connectivity index (χ0v) is 14.4. The van der Waals surface area contributed by atoms with Gasteiger partial charge in [-0.3, -0.25) is 4.98 Å². The first-order valence-electron chi connectivity index (χ1n) is 7.49. The lowest BCUT2D eigenvalue weighted by Gasteiger charge is -2.10. The molecule has 3 aromatic rings. The molecule has 0 fully saturated rings. The number of hydrogen-bond donors (Lipinski definition) is 2. The van der Waals surface area contributed by atoms with Gasteiger partial charge in [0, 0.05) is 16.1 Å². The van der Waals surface area contributed by atoms with Gasteiger partial charge in [-0.05, 0) is 52.3 Å². The fraction of sp³-hybridized carbons (Fsp3) is 0.111. The van der Waals surface area contributed by atoms with Gasteiger partial charge in [0.2, 0.25) is 0 Å². The van der Waals surface area contributed by atoms with E-state index in [2.05, 4.69) is 31.5 Å². The molecular formula is C18H16BrN3O2. The van der Waals surface area contributed by atoms with E-state index in [0.717, 1.165) is 26.8 Å². The highest BCUT2D eigenvalue weighted by Crippen LogP contribution is 2.21. The Bertz CT molecular complexity index is 854. The van der Waals surface area contributed by atoms with Gasteiger partial charge in [-0.2, -0.15) is 0 Å². The quantitative estimate of drug-likeness (QED) is 0.646. The number of benzene rings is 2. The molecule has 3 rings (SSSR count). The molecule has 5 nitrogen and oxygen atoms in total. The minimum Gasteiger partial charge on any atom is -0.492 e. The van der Waals surface area contributed by atoms with E-state index < -0.39 is 0 Å². The van der Waals surface area contributed by atoms with Gasteiger partial charge >= 0.3 is 6.03 Å². The van der Waals surface area contributed by atoms with E-state index in [9.17, 15) is 4.79 Å². The number of fused-ring (bicyclic) bond motifs is 1. The first-order valence-corrected chi connectivity index (χ1v) is 8.28. The number of anilines is 1. The average molecular weight is 386 g/mol. The second-order valence-electron chi connectivity index (χ2n) is 5.07. The Labute approximate surface area is 148 Å². The first-order chi connectivity index (χ1) is 11.7. The van der Waals surface area contributed by atoms with Crippen molar-refractivity contribution in [3.63, 3.8) is 0 Å². The van der Waals surface area contributed by atoms with Crippen molar-refractivity contribution in [2.24, 2.45) is 0 Å². The Morgan fingerprint density at radius 2 is 2.00 bits per heavy atom. The smallest absolute Gasteiger partial charge is 0.319 e. The molecular weight excluding hydrogens is 370 g/mol. The van der Waals surface area contributed by atoms with Gasteiger partial charge in [-0.15, -0.1) is 0 Å². The summed E-state index contributed by atoms with van der Waals surface area (Å²) in [4.78, 5) is 16.1. The lowest BCUT2D eigenvalue weighted by molar-refractivity contribution is 0.247. The summed E-state index contributed by atoms with van der Waals surface area (Å²) in [6, 6.07) is 16.8. The number of halogens is 1. The molecule has 0 saturated heterocycles. The van der Waals surface area contributed by atoms with Gasteiger partial charge in [0.05, 0.1) is 17.7 Å². The molecule has 0 saturated carbocycles. The summed E-state index contributed by atoms with van der Waals surface area (Å²) in [5, 5.41) is 6.55. The van der Waals surface area contributed by atoms with Crippen LogP contribution in [-0.4, -0.2) is 24.2 Å². The number of urea groups is 1. The Balaban J connectivity index is 1.46. The van der Waals surface area contributed by atoms with Crippen LogP contribution >= 0.6 is 15.9 Å². The Hall–Kier alpha value is -2.60. The Morgan fingerprint density at radius 3 is 2.88 bits per heavy atom. The lowest BCUT2D eigenvalue weighted by Crippen LogP contribution is -2.32. The van der Waals surface area contributed by atoms with E-state index in [1.54, 1.807) is 6.20 Å². The number of hydrogen-bond acceptors (Lipinski definition) is 3. The van der Waals surface area contributed by atoms with Gasteiger partial charge in [-0.1, -0.05) is 18.2 Å². The molecule has 0 aliphatic carbocycles. The topological polar surface area (TPSA) is 63.2 Å². The molecule has 2 aromatic carbocycles. The second-order valence-corrected chi connectivity index (χ2v) is 5.92. The van der Waals surface area contributed by atoms with Crippen molar-refractivity contribution in [1.29, 1.82) is 0 Å². The maximum atomic E-state index is 11.8. The van der Waals surface area contributed by atoms with Gasteiger partial charge in [-0.25, -0.2) is 4.79 Å². The zero-order chi connectivity index (χ0) is 16.8. The van der Waals surface area contributed by atoms with Crippen LogP contribution in [0.25, 0.3) is 10.9 Å². The van der Waals surface area contributed by atoms with E-state index in [-0.39, 0.29) is 6.03 Å². The van der Waals surface area contributed by atoms with Crippen molar-refractivity contribution >= 4 is 38.6 Å². The van der Waals surface area contributed by atoms with Crippen molar-refractivity contribution in [3.05, 3.63) is 65.3 Å². The monoisotopic (exact) mass is 385 g/mol. The molecule has 2 amide bonds. The molecule has 0 aliphatic heterocycles. The van der Waals surface area contributed by atoms with Crippen LogP contribution in [0.15, 0.2) is 65.3 Å². The third-order valence-corrected chi connectivity index (χ3v) is 4.04. The minimum absolute atomic E-state index is 0.270. The number of nitrogens with zero attached hydrogens (tertiary/aromatic N) is 1. The standard InChI is InChI=1S/C18H16BrN3O2/c19-15-5-1-2-6-17(15)22-18(23)21-10-11-24-14-7-8-16-13(12-14)4-3-9-20-16/h1-9,12H,10-11H2,(H2,21,22,23). The molecule has 1 heterocycles.